The first-order valence-corrected chi connectivity index (χ1v) is 7.36. The number of nitrogens with two attached hydrogens (primary N) is 1. The fourth-order valence-corrected chi connectivity index (χ4v) is 3.18. The van der Waals surface area contributed by atoms with Crippen molar-refractivity contribution in [2.45, 2.75) is 32.9 Å². The van der Waals surface area contributed by atoms with Crippen LogP contribution < -0.4 is 5.73 Å². The monoisotopic (exact) mass is 257 g/mol. The van der Waals surface area contributed by atoms with Gasteiger partial charge in [-0.05, 0) is 37.6 Å². The van der Waals surface area contributed by atoms with Gasteiger partial charge in [0.15, 0.2) is 0 Å². The fourth-order valence-electron chi connectivity index (χ4n) is 3.18. The molecule has 3 heteroatoms. The molecule has 1 aromatic carbocycles. The molecule has 1 aromatic heterocycles. The summed E-state index contributed by atoms with van der Waals surface area (Å²) in [6.45, 7) is 7.48. The zero-order valence-electron chi connectivity index (χ0n) is 11.7. The highest BCUT2D eigenvalue weighted by molar-refractivity contribution is 5.84. The first kappa shape index (κ1) is 12.7. The van der Waals surface area contributed by atoms with Crippen LogP contribution in [0.25, 0.3) is 10.9 Å². The Morgan fingerprint density at radius 2 is 2.16 bits per heavy atom. The number of aryl methyl sites for hydroxylation is 1. The van der Waals surface area contributed by atoms with Crippen molar-refractivity contribution < 1.29 is 0 Å². The number of nitrogens with zero attached hydrogens (tertiary/aromatic N) is 2. The zero-order chi connectivity index (χ0) is 13.2. The van der Waals surface area contributed by atoms with Gasteiger partial charge >= 0.3 is 0 Å². The number of fused-ring (bicyclic) bond motifs is 3. The molecular formula is C16H23N3. The maximum Gasteiger partial charge on any atom is 0.0515 e. The van der Waals surface area contributed by atoms with E-state index in [9.17, 15) is 0 Å². The van der Waals surface area contributed by atoms with E-state index in [1.807, 2.05) is 0 Å². The van der Waals surface area contributed by atoms with Gasteiger partial charge in [0.05, 0.1) is 5.52 Å². The molecular weight excluding hydrogens is 234 g/mol. The quantitative estimate of drug-likeness (QED) is 0.912. The van der Waals surface area contributed by atoms with Crippen LogP contribution in [0.2, 0.25) is 0 Å². The van der Waals surface area contributed by atoms with Gasteiger partial charge in [0.2, 0.25) is 0 Å². The smallest absolute Gasteiger partial charge is 0.0515 e. The van der Waals surface area contributed by atoms with Crippen molar-refractivity contribution in [3.8, 4) is 0 Å². The molecule has 2 aromatic rings. The summed E-state index contributed by atoms with van der Waals surface area (Å²) in [5, 5.41) is 1.40. The molecule has 0 saturated heterocycles. The van der Waals surface area contributed by atoms with Crippen LogP contribution in [0.5, 0.6) is 0 Å². The van der Waals surface area contributed by atoms with Gasteiger partial charge in [0.25, 0.3) is 0 Å². The highest BCUT2D eigenvalue weighted by Gasteiger charge is 2.19. The maximum absolute atomic E-state index is 5.61. The molecule has 1 aliphatic rings. The third-order valence-electron chi connectivity index (χ3n) is 4.17. The second-order valence-electron chi connectivity index (χ2n) is 5.41. The first-order chi connectivity index (χ1) is 9.33. The molecule has 3 nitrogen and oxygen atoms in total. The molecule has 0 unspecified atom stereocenters. The Labute approximate surface area is 115 Å². The van der Waals surface area contributed by atoms with E-state index < -0.39 is 0 Å². The molecule has 0 spiro atoms. The third-order valence-corrected chi connectivity index (χ3v) is 4.17. The molecule has 0 bridgehead atoms. The van der Waals surface area contributed by atoms with Crippen LogP contribution in [0.4, 0.5) is 0 Å². The Bertz CT molecular complexity index is 571. The van der Waals surface area contributed by atoms with E-state index in [0.29, 0.717) is 0 Å². The minimum Gasteiger partial charge on any atom is -0.342 e. The Morgan fingerprint density at radius 3 is 2.95 bits per heavy atom. The van der Waals surface area contributed by atoms with E-state index in [1.54, 1.807) is 0 Å². The van der Waals surface area contributed by atoms with Crippen molar-refractivity contribution >= 4 is 10.9 Å². The highest BCUT2D eigenvalue weighted by Crippen LogP contribution is 2.27. The average molecular weight is 257 g/mol. The standard InChI is InChI=1S/C16H23N3/c1-2-13-5-3-6-14-11-15-12-18(8-4-7-17)9-10-19(15)16(13)14/h3,5-6,11H,2,4,7-10,12,17H2,1H3. The summed E-state index contributed by atoms with van der Waals surface area (Å²) in [6, 6.07) is 9.04. The molecule has 2 N–H and O–H groups in total. The van der Waals surface area contributed by atoms with E-state index in [2.05, 4.69) is 40.7 Å². The van der Waals surface area contributed by atoms with Gasteiger partial charge in [0.1, 0.15) is 0 Å². The lowest BCUT2D eigenvalue weighted by atomic mass is 10.1. The van der Waals surface area contributed by atoms with E-state index in [-0.39, 0.29) is 0 Å². The van der Waals surface area contributed by atoms with Crippen LogP contribution in [-0.4, -0.2) is 29.1 Å². The lowest BCUT2D eigenvalue weighted by Crippen LogP contribution is -2.34. The van der Waals surface area contributed by atoms with Crippen LogP contribution in [0.3, 0.4) is 0 Å². The van der Waals surface area contributed by atoms with Crippen LogP contribution in [0.15, 0.2) is 24.3 Å². The lowest BCUT2D eigenvalue weighted by molar-refractivity contribution is 0.222. The lowest BCUT2D eigenvalue weighted by Gasteiger charge is -2.29. The molecule has 2 heterocycles. The number of hydrogen-bond donors (Lipinski definition) is 1. The summed E-state index contributed by atoms with van der Waals surface area (Å²) >= 11 is 0. The van der Waals surface area contributed by atoms with E-state index in [1.165, 1.54) is 22.2 Å². The first-order valence-electron chi connectivity index (χ1n) is 7.36. The fraction of sp³-hybridized carbons (Fsp3) is 0.500. The van der Waals surface area contributed by atoms with Crippen molar-refractivity contribution in [1.29, 1.82) is 0 Å². The molecule has 19 heavy (non-hydrogen) atoms. The Hall–Kier alpha value is -1.32. The van der Waals surface area contributed by atoms with E-state index in [4.69, 9.17) is 5.73 Å². The minimum absolute atomic E-state index is 0.791. The number of hydrogen-bond acceptors (Lipinski definition) is 2. The predicted molar refractivity (Wildman–Crippen MR) is 80.3 cm³/mol. The van der Waals surface area contributed by atoms with Crippen molar-refractivity contribution in [2.24, 2.45) is 5.73 Å². The number of para-hydroxylation sites is 1. The van der Waals surface area contributed by atoms with Gasteiger partial charge in [-0.1, -0.05) is 25.1 Å². The van der Waals surface area contributed by atoms with Gasteiger partial charge in [-0.2, -0.15) is 0 Å². The van der Waals surface area contributed by atoms with Crippen LogP contribution in [0.1, 0.15) is 24.6 Å². The van der Waals surface area contributed by atoms with Gasteiger partial charge in [-0.15, -0.1) is 0 Å². The summed E-state index contributed by atoms with van der Waals surface area (Å²) < 4.78 is 2.52. The minimum atomic E-state index is 0.791. The largest absolute Gasteiger partial charge is 0.342 e. The van der Waals surface area contributed by atoms with Crippen LogP contribution in [-0.2, 0) is 19.5 Å². The second-order valence-corrected chi connectivity index (χ2v) is 5.41. The zero-order valence-corrected chi connectivity index (χ0v) is 11.7. The molecule has 1 aliphatic heterocycles. The highest BCUT2D eigenvalue weighted by atomic mass is 15.2. The van der Waals surface area contributed by atoms with Gasteiger partial charge in [0, 0.05) is 30.7 Å². The summed E-state index contributed by atoms with van der Waals surface area (Å²) in [4.78, 5) is 2.52. The molecule has 0 atom stereocenters. The molecule has 0 amide bonds. The molecule has 0 saturated carbocycles. The van der Waals surface area contributed by atoms with Crippen LogP contribution in [0, 0.1) is 0 Å². The number of aromatic nitrogens is 1. The molecule has 0 aliphatic carbocycles. The summed E-state index contributed by atoms with van der Waals surface area (Å²) in [5.74, 6) is 0. The van der Waals surface area contributed by atoms with Crippen molar-refractivity contribution in [3.63, 3.8) is 0 Å². The van der Waals surface area contributed by atoms with E-state index >= 15 is 0 Å². The topological polar surface area (TPSA) is 34.2 Å². The average Bonchev–Trinajstić information content (AvgIpc) is 2.82. The molecule has 102 valence electrons. The Balaban J connectivity index is 1.94. The van der Waals surface area contributed by atoms with Crippen molar-refractivity contribution in [3.05, 3.63) is 35.5 Å². The van der Waals surface area contributed by atoms with Gasteiger partial charge in [-0.25, -0.2) is 0 Å². The molecule has 3 rings (SSSR count). The maximum atomic E-state index is 5.61. The number of rotatable bonds is 4. The van der Waals surface area contributed by atoms with Crippen molar-refractivity contribution in [2.75, 3.05) is 19.6 Å². The Morgan fingerprint density at radius 1 is 1.26 bits per heavy atom. The van der Waals surface area contributed by atoms with Crippen molar-refractivity contribution in [1.82, 2.24) is 9.47 Å². The molecule has 0 fully saturated rings. The normalized spacial score (nSPS) is 15.9. The SMILES string of the molecule is CCc1cccc2cc3n(c12)CCN(CCCN)C3. The summed E-state index contributed by atoms with van der Waals surface area (Å²) in [6.07, 6.45) is 2.21. The predicted octanol–water partition coefficient (Wildman–Crippen LogP) is 2.37. The summed E-state index contributed by atoms with van der Waals surface area (Å²) in [5.41, 5.74) is 9.99. The third kappa shape index (κ3) is 2.28. The van der Waals surface area contributed by atoms with Gasteiger partial charge < -0.3 is 10.3 Å². The van der Waals surface area contributed by atoms with Gasteiger partial charge in [-0.3, -0.25) is 4.90 Å². The van der Waals surface area contributed by atoms with E-state index in [0.717, 1.165) is 45.6 Å². The van der Waals surface area contributed by atoms with Crippen LogP contribution >= 0.6 is 0 Å². The summed E-state index contributed by atoms with van der Waals surface area (Å²) in [7, 11) is 0. The number of benzene rings is 1. The second kappa shape index (κ2) is 5.35. The molecule has 0 radical (unpaired) electrons. The Kier molecular flexibility index (Phi) is 3.58.